The Morgan fingerprint density at radius 3 is 1.92 bits per heavy atom. The minimum atomic E-state index is -0.559. The summed E-state index contributed by atoms with van der Waals surface area (Å²) in [4.78, 5) is 2.02. The van der Waals surface area contributed by atoms with Gasteiger partial charge in [0.2, 0.25) is 0 Å². The topological polar surface area (TPSA) is 63.9 Å². The molecular weight excluding hydrogens is 158 g/mol. The number of piperidine rings is 1. The van der Waals surface area contributed by atoms with Crippen molar-refractivity contribution in [2.75, 3.05) is 33.4 Å². The third-order valence-corrected chi connectivity index (χ3v) is 2.53. The van der Waals surface area contributed by atoms with Crippen LogP contribution in [0, 0.1) is 11.8 Å². The third kappa shape index (κ3) is 1.95. The number of rotatable bonds is 2. The Bertz CT molecular complexity index is 128. The molecule has 0 amide bonds. The summed E-state index contributed by atoms with van der Waals surface area (Å²) in [5, 5.41) is 27.4. The van der Waals surface area contributed by atoms with Crippen LogP contribution in [0.1, 0.15) is 0 Å². The maximum atomic E-state index is 9.60. The zero-order valence-corrected chi connectivity index (χ0v) is 7.35. The number of nitrogens with zero attached hydrogens (tertiary/aromatic N) is 1. The van der Waals surface area contributed by atoms with E-state index >= 15 is 0 Å². The maximum absolute atomic E-state index is 9.60. The van der Waals surface area contributed by atoms with Crippen molar-refractivity contribution in [2.45, 2.75) is 6.10 Å². The predicted molar refractivity (Wildman–Crippen MR) is 44.7 cm³/mol. The summed E-state index contributed by atoms with van der Waals surface area (Å²) in [6, 6.07) is 0. The SMILES string of the molecule is CN1CC(CO)C(O)C(CO)C1. The molecule has 0 aromatic heterocycles. The van der Waals surface area contributed by atoms with Crippen LogP contribution in [0.5, 0.6) is 0 Å². The molecule has 1 rings (SSSR count). The fraction of sp³-hybridized carbons (Fsp3) is 1.00. The van der Waals surface area contributed by atoms with Crippen molar-refractivity contribution >= 4 is 0 Å². The molecule has 1 heterocycles. The molecule has 1 aliphatic rings. The van der Waals surface area contributed by atoms with Gasteiger partial charge in [-0.05, 0) is 7.05 Å². The van der Waals surface area contributed by atoms with Gasteiger partial charge in [0, 0.05) is 38.1 Å². The van der Waals surface area contributed by atoms with Crippen LogP contribution in [0.4, 0.5) is 0 Å². The Morgan fingerprint density at radius 1 is 1.17 bits per heavy atom. The van der Waals surface area contributed by atoms with Gasteiger partial charge in [0.15, 0.2) is 0 Å². The van der Waals surface area contributed by atoms with E-state index in [0.29, 0.717) is 13.1 Å². The van der Waals surface area contributed by atoms with Gasteiger partial charge in [-0.25, -0.2) is 0 Å². The molecule has 3 N–H and O–H groups in total. The minimum Gasteiger partial charge on any atom is -0.396 e. The van der Waals surface area contributed by atoms with Crippen molar-refractivity contribution in [2.24, 2.45) is 11.8 Å². The van der Waals surface area contributed by atoms with Crippen LogP contribution in [0.3, 0.4) is 0 Å². The molecule has 72 valence electrons. The lowest BCUT2D eigenvalue weighted by Gasteiger charge is -2.38. The van der Waals surface area contributed by atoms with Gasteiger partial charge in [0.05, 0.1) is 6.10 Å². The first-order chi connectivity index (χ1) is 5.69. The van der Waals surface area contributed by atoms with Crippen LogP contribution in [0.2, 0.25) is 0 Å². The lowest BCUT2D eigenvalue weighted by molar-refractivity contribution is -0.0509. The standard InChI is InChI=1S/C8H17NO3/c1-9-2-6(4-10)8(12)7(3-9)5-11/h6-8,10-12H,2-5H2,1H3. The summed E-state index contributed by atoms with van der Waals surface area (Å²) >= 11 is 0. The molecule has 0 aromatic rings. The van der Waals surface area contributed by atoms with Gasteiger partial charge in [-0.1, -0.05) is 0 Å². The zero-order chi connectivity index (χ0) is 9.14. The van der Waals surface area contributed by atoms with Gasteiger partial charge in [-0.2, -0.15) is 0 Å². The van der Waals surface area contributed by atoms with Gasteiger partial charge in [-0.3, -0.25) is 0 Å². The van der Waals surface area contributed by atoms with Crippen LogP contribution >= 0.6 is 0 Å². The Balaban J connectivity index is 2.55. The lowest BCUT2D eigenvalue weighted by Crippen LogP contribution is -2.50. The number of aliphatic hydroxyl groups is 3. The molecular formula is C8H17NO3. The van der Waals surface area contributed by atoms with Gasteiger partial charge >= 0.3 is 0 Å². The Morgan fingerprint density at radius 2 is 1.58 bits per heavy atom. The highest BCUT2D eigenvalue weighted by atomic mass is 16.3. The fourth-order valence-corrected chi connectivity index (χ4v) is 1.81. The Labute approximate surface area is 72.4 Å². The van der Waals surface area contributed by atoms with Crippen LogP contribution in [-0.4, -0.2) is 59.7 Å². The molecule has 2 atom stereocenters. The van der Waals surface area contributed by atoms with Gasteiger partial charge in [-0.15, -0.1) is 0 Å². The molecule has 0 saturated carbocycles. The monoisotopic (exact) mass is 175 g/mol. The molecule has 1 fully saturated rings. The number of hydrogen-bond acceptors (Lipinski definition) is 4. The largest absolute Gasteiger partial charge is 0.396 e. The summed E-state index contributed by atoms with van der Waals surface area (Å²) in [6.45, 7) is 1.38. The number of hydrogen-bond donors (Lipinski definition) is 3. The molecule has 12 heavy (non-hydrogen) atoms. The average molecular weight is 175 g/mol. The van der Waals surface area contributed by atoms with E-state index in [1.165, 1.54) is 0 Å². The molecule has 1 aliphatic heterocycles. The first kappa shape index (κ1) is 9.92. The quantitative estimate of drug-likeness (QED) is 0.478. The highest BCUT2D eigenvalue weighted by molar-refractivity contribution is 4.84. The molecule has 4 nitrogen and oxygen atoms in total. The summed E-state index contributed by atoms with van der Waals surface area (Å²) in [5.41, 5.74) is 0. The fourth-order valence-electron chi connectivity index (χ4n) is 1.81. The van der Waals surface area contributed by atoms with E-state index in [0.717, 1.165) is 0 Å². The molecule has 2 unspecified atom stereocenters. The molecule has 0 bridgehead atoms. The third-order valence-electron chi connectivity index (χ3n) is 2.53. The molecule has 0 aromatic carbocycles. The van der Waals surface area contributed by atoms with E-state index in [4.69, 9.17) is 10.2 Å². The van der Waals surface area contributed by atoms with E-state index in [1.54, 1.807) is 0 Å². The summed E-state index contributed by atoms with van der Waals surface area (Å²) < 4.78 is 0. The zero-order valence-electron chi connectivity index (χ0n) is 7.35. The van der Waals surface area contributed by atoms with Crippen molar-refractivity contribution in [3.8, 4) is 0 Å². The Hall–Kier alpha value is -0.160. The van der Waals surface area contributed by atoms with Crippen molar-refractivity contribution in [1.29, 1.82) is 0 Å². The van der Waals surface area contributed by atoms with E-state index in [9.17, 15) is 5.11 Å². The summed E-state index contributed by atoms with van der Waals surface area (Å²) in [7, 11) is 1.93. The first-order valence-corrected chi connectivity index (χ1v) is 4.27. The van der Waals surface area contributed by atoms with Crippen LogP contribution in [0.15, 0.2) is 0 Å². The van der Waals surface area contributed by atoms with Crippen molar-refractivity contribution in [3.63, 3.8) is 0 Å². The van der Waals surface area contributed by atoms with E-state index in [-0.39, 0.29) is 25.0 Å². The first-order valence-electron chi connectivity index (χ1n) is 4.27. The van der Waals surface area contributed by atoms with Crippen LogP contribution < -0.4 is 0 Å². The smallest absolute Gasteiger partial charge is 0.0664 e. The Kier molecular flexibility index (Phi) is 3.46. The van der Waals surface area contributed by atoms with Gasteiger partial charge in [0.25, 0.3) is 0 Å². The molecule has 0 spiro atoms. The minimum absolute atomic E-state index is 0.0119. The number of likely N-dealkylation sites (tertiary alicyclic amines) is 1. The summed E-state index contributed by atoms with van der Waals surface area (Å²) in [6.07, 6.45) is -0.559. The normalized spacial score (nSPS) is 38.5. The van der Waals surface area contributed by atoms with Crippen LogP contribution in [-0.2, 0) is 0 Å². The molecule has 4 heteroatoms. The molecule has 0 aliphatic carbocycles. The van der Waals surface area contributed by atoms with Gasteiger partial charge < -0.3 is 20.2 Å². The highest BCUT2D eigenvalue weighted by Crippen LogP contribution is 2.20. The van der Waals surface area contributed by atoms with E-state index in [2.05, 4.69) is 0 Å². The van der Waals surface area contributed by atoms with Crippen molar-refractivity contribution in [1.82, 2.24) is 4.90 Å². The second-order valence-electron chi connectivity index (χ2n) is 3.60. The van der Waals surface area contributed by atoms with Crippen molar-refractivity contribution in [3.05, 3.63) is 0 Å². The maximum Gasteiger partial charge on any atom is 0.0664 e. The second kappa shape index (κ2) is 4.18. The highest BCUT2D eigenvalue weighted by Gasteiger charge is 2.33. The second-order valence-corrected chi connectivity index (χ2v) is 3.60. The molecule has 1 saturated heterocycles. The molecule has 0 radical (unpaired) electrons. The van der Waals surface area contributed by atoms with Crippen molar-refractivity contribution < 1.29 is 15.3 Å². The number of aliphatic hydroxyl groups excluding tert-OH is 3. The summed E-state index contributed by atoms with van der Waals surface area (Å²) in [5.74, 6) is -0.221. The van der Waals surface area contributed by atoms with Crippen LogP contribution in [0.25, 0.3) is 0 Å². The van der Waals surface area contributed by atoms with Gasteiger partial charge in [0.1, 0.15) is 0 Å². The average Bonchev–Trinajstić information content (AvgIpc) is 2.08. The van der Waals surface area contributed by atoms with E-state index in [1.807, 2.05) is 11.9 Å². The lowest BCUT2D eigenvalue weighted by atomic mass is 9.87. The van der Waals surface area contributed by atoms with E-state index < -0.39 is 6.10 Å². The predicted octanol–water partition coefficient (Wildman–Crippen LogP) is -1.49.